The van der Waals surface area contributed by atoms with Gasteiger partial charge in [0.25, 0.3) is 0 Å². The maximum Gasteiger partial charge on any atom is 0.191 e. The smallest absolute Gasteiger partial charge is 0.191 e. The lowest BCUT2D eigenvalue weighted by atomic mass is 10.2. The van der Waals surface area contributed by atoms with E-state index in [9.17, 15) is 4.39 Å². The van der Waals surface area contributed by atoms with E-state index in [2.05, 4.69) is 45.4 Å². The zero-order chi connectivity index (χ0) is 13.5. The Bertz CT molecular complexity index is 419. The van der Waals surface area contributed by atoms with Gasteiger partial charge < -0.3 is 10.6 Å². The largest absolute Gasteiger partial charge is 0.356 e. The molecule has 2 N–H and O–H groups in total. The molecule has 0 aliphatic carbocycles. The molecule has 0 fully saturated rings. The van der Waals surface area contributed by atoms with Crippen LogP contribution in [0.4, 0.5) is 4.39 Å². The molecule has 0 heterocycles. The van der Waals surface area contributed by atoms with Gasteiger partial charge in [-0.2, -0.15) is 0 Å². The fourth-order valence-corrected chi connectivity index (χ4v) is 1.79. The van der Waals surface area contributed by atoms with Gasteiger partial charge in [0.05, 0.1) is 0 Å². The first-order valence-electron chi connectivity index (χ1n) is 5.91. The highest BCUT2D eigenvalue weighted by atomic mass is 79.9. The normalized spacial score (nSPS) is 11.8. The summed E-state index contributed by atoms with van der Waals surface area (Å²) in [5.41, 5.74) is 0.608. The van der Waals surface area contributed by atoms with E-state index in [0.29, 0.717) is 24.0 Å². The summed E-state index contributed by atoms with van der Waals surface area (Å²) in [4.78, 5) is 4.09. The summed E-state index contributed by atoms with van der Waals surface area (Å²) in [6.07, 6.45) is 0. The van der Waals surface area contributed by atoms with Crippen molar-refractivity contribution in [3.8, 4) is 0 Å². The molecule has 0 aliphatic heterocycles. The van der Waals surface area contributed by atoms with Crippen molar-refractivity contribution in [3.05, 3.63) is 34.1 Å². The van der Waals surface area contributed by atoms with Gasteiger partial charge in [-0.1, -0.05) is 29.8 Å². The van der Waals surface area contributed by atoms with Gasteiger partial charge in [0.2, 0.25) is 0 Å². The molecule has 1 aromatic carbocycles. The standard InChI is InChI=1S/C13H19BrFN3/c1-9(2)7-17-13(16-3)18-8-10-6-11(14)4-5-12(10)15/h4-6,9H,7-8H2,1-3H3,(H2,16,17,18). The third kappa shape index (κ3) is 5.04. The van der Waals surface area contributed by atoms with E-state index in [1.807, 2.05) is 0 Å². The summed E-state index contributed by atoms with van der Waals surface area (Å²) in [6, 6.07) is 4.90. The number of nitrogens with zero attached hydrogens (tertiary/aromatic N) is 1. The van der Waals surface area contributed by atoms with Crippen molar-refractivity contribution in [3.63, 3.8) is 0 Å². The highest BCUT2D eigenvalue weighted by Gasteiger charge is 2.04. The van der Waals surface area contributed by atoms with Gasteiger partial charge in [0.15, 0.2) is 5.96 Å². The average Bonchev–Trinajstić information content (AvgIpc) is 2.33. The number of halogens is 2. The summed E-state index contributed by atoms with van der Waals surface area (Å²) < 4.78 is 14.4. The van der Waals surface area contributed by atoms with Crippen molar-refractivity contribution in [2.75, 3.05) is 13.6 Å². The number of guanidine groups is 1. The molecule has 0 saturated carbocycles. The van der Waals surface area contributed by atoms with E-state index in [1.165, 1.54) is 6.07 Å². The van der Waals surface area contributed by atoms with E-state index in [4.69, 9.17) is 0 Å². The van der Waals surface area contributed by atoms with E-state index in [0.717, 1.165) is 11.0 Å². The molecule has 0 bridgehead atoms. The molecular weight excluding hydrogens is 297 g/mol. The molecule has 18 heavy (non-hydrogen) atoms. The van der Waals surface area contributed by atoms with E-state index in [1.54, 1.807) is 19.2 Å². The number of hydrogen-bond donors (Lipinski definition) is 2. The van der Waals surface area contributed by atoms with Crippen LogP contribution in [0, 0.1) is 11.7 Å². The Hall–Kier alpha value is -1.10. The molecule has 0 unspecified atom stereocenters. The Kier molecular flexibility index (Phi) is 6.12. The molecule has 1 rings (SSSR count). The lowest BCUT2D eigenvalue weighted by molar-refractivity contribution is 0.597. The van der Waals surface area contributed by atoms with Crippen molar-refractivity contribution in [2.45, 2.75) is 20.4 Å². The van der Waals surface area contributed by atoms with Crippen LogP contribution in [0.5, 0.6) is 0 Å². The fourth-order valence-electron chi connectivity index (χ4n) is 1.38. The molecule has 0 spiro atoms. The van der Waals surface area contributed by atoms with Crippen molar-refractivity contribution in [1.82, 2.24) is 10.6 Å². The summed E-state index contributed by atoms with van der Waals surface area (Å²) in [6.45, 7) is 5.48. The van der Waals surface area contributed by atoms with Crippen LogP contribution >= 0.6 is 15.9 Å². The van der Waals surface area contributed by atoms with Crippen LogP contribution in [-0.2, 0) is 6.54 Å². The topological polar surface area (TPSA) is 36.4 Å². The lowest BCUT2D eigenvalue weighted by Gasteiger charge is -2.13. The van der Waals surface area contributed by atoms with Gasteiger partial charge in [-0.05, 0) is 24.1 Å². The SMILES string of the molecule is CN=C(NCc1cc(Br)ccc1F)NCC(C)C. The molecule has 0 aromatic heterocycles. The van der Waals surface area contributed by atoms with Crippen molar-refractivity contribution < 1.29 is 4.39 Å². The first-order chi connectivity index (χ1) is 8.52. The van der Waals surface area contributed by atoms with Crippen molar-refractivity contribution >= 4 is 21.9 Å². The van der Waals surface area contributed by atoms with Crippen LogP contribution < -0.4 is 10.6 Å². The Morgan fingerprint density at radius 3 is 2.72 bits per heavy atom. The second kappa shape index (κ2) is 7.36. The summed E-state index contributed by atoms with van der Waals surface area (Å²) >= 11 is 3.33. The van der Waals surface area contributed by atoms with Crippen LogP contribution in [0.1, 0.15) is 19.4 Å². The average molecular weight is 316 g/mol. The Balaban J connectivity index is 2.55. The maximum absolute atomic E-state index is 13.5. The quantitative estimate of drug-likeness (QED) is 0.662. The minimum absolute atomic E-state index is 0.218. The van der Waals surface area contributed by atoms with Gasteiger partial charge in [-0.15, -0.1) is 0 Å². The van der Waals surface area contributed by atoms with E-state index in [-0.39, 0.29) is 5.82 Å². The molecule has 0 saturated heterocycles. The Morgan fingerprint density at radius 2 is 2.11 bits per heavy atom. The second-order valence-corrected chi connectivity index (χ2v) is 5.35. The maximum atomic E-state index is 13.5. The van der Waals surface area contributed by atoms with Gasteiger partial charge in [0, 0.05) is 30.2 Å². The van der Waals surface area contributed by atoms with Gasteiger partial charge >= 0.3 is 0 Å². The van der Waals surface area contributed by atoms with Gasteiger partial charge in [0.1, 0.15) is 5.82 Å². The molecule has 1 aromatic rings. The first kappa shape index (κ1) is 15.0. The molecule has 5 heteroatoms. The molecule has 100 valence electrons. The zero-order valence-electron chi connectivity index (χ0n) is 10.9. The minimum Gasteiger partial charge on any atom is -0.356 e. The predicted molar refractivity (Wildman–Crippen MR) is 77.1 cm³/mol. The third-order valence-electron chi connectivity index (χ3n) is 2.36. The molecule has 0 radical (unpaired) electrons. The highest BCUT2D eigenvalue weighted by molar-refractivity contribution is 9.10. The first-order valence-corrected chi connectivity index (χ1v) is 6.70. The number of hydrogen-bond acceptors (Lipinski definition) is 1. The van der Waals surface area contributed by atoms with Gasteiger partial charge in [-0.25, -0.2) is 4.39 Å². The zero-order valence-corrected chi connectivity index (χ0v) is 12.5. The van der Waals surface area contributed by atoms with E-state index < -0.39 is 0 Å². The molecular formula is C13H19BrFN3. The molecule has 0 aliphatic rings. The Morgan fingerprint density at radius 1 is 1.39 bits per heavy atom. The Labute approximate surface area is 116 Å². The molecule has 0 amide bonds. The van der Waals surface area contributed by atoms with Crippen molar-refractivity contribution in [1.29, 1.82) is 0 Å². The highest BCUT2D eigenvalue weighted by Crippen LogP contribution is 2.15. The van der Waals surface area contributed by atoms with E-state index >= 15 is 0 Å². The van der Waals surface area contributed by atoms with Crippen LogP contribution in [-0.4, -0.2) is 19.6 Å². The lowest BCUT2D eigenvalue weighted by Crippen LogP contribution is -2.38. The molecule has 0 atom stereocenters. The van der Waals surface area contributed by atoms with Crippen LogP contribution in [0.3, 0.4) is 0 Å². The molecule has 3 nitrogen and oxygen atoms in total. The number of aliphatic imine (C=N–C) groups is 1. The summed E-state index contributed by atoms with van der Waals surface area (Å²) in [5.74, 6) is 0.999. The minimum atomic E-state index is -0.218. The number of rotatable bonds is 4. The second-order valence-electron chi connectivity index (χ2n) is 4.44. The van der Waals surface area contributed by atoms with Gasteiger partial charge in [-0.3, -0.25) is 4.99 Å². The number of nitrogens with one attached hydrogen (secondary N) is 2. The summed E-state index contributed by atoms with van der Waals surface area (Å²) in [5, 5.41) is 6.27. The van der Waals surface area contributed by atoms with Crippen LogP contribution in [0.15, 0.2) is 27.7 Å². The monoisotopic (exact) mass is 315 g/mol. The number of benzene rings is 1. The van der Waals surface area contributed by atoms with Crippen LogP contribution in [0.25, 0.3) is 0 Å². The van der Waals surface area contributed by atoms with Crippen molar-refractivity contribution in [2.24, 2.45) is 10.9 Å². The third-order valence-corrected chi connectivity index (χ3v) is 2.85. The predicted octanol–water partition coefficient (Wildman–Crippen LogP) is 2.91. The summed E-state index contributed by atoms with van der Waals surface area (Å²) in [7, 11) is 1.70. The fraction of sp³-hybridized carbons (Fsp3) is 0.462. The van der Waals surface area contributed by atoms with Crippen LogP contribution in [0.2, 0.25) is 0 Å².